The summed E-state index contributed by atoms with van der Waals surface area (Å²) in [5.74, 6) is -0.781. The fourth-order valence-corrected chi connectivity index (χ4v) is 2.62. The van der Waals surface area contributed by atoms with Crippen molar-refractivity contribution in [1.82, 2.24) is 4.98 Å². The van der Waals surface area contributed by atoms with E-state index < -0.39 is 5.82 Å². The lowest BCUT2D eigenvalue weighted by molar-refractivity contribution is 0.121. The maximum Gasteiger partial charge on any atom is 0.173 e. The van der Waals surface area contributed by atoms with E-state index in [2.05, 4.69) is 10.1 Å². The molecule has 0 atom stereocenters. The number of benzene rings is 1. The van der Waals surface area contributed by atoms with Crippen LogP contribution >= 0.6 is 11.3 Å². The molecule has 1 aromatic carbocycles. The number of hydrogen-bond donors (Lipinski definition) is 2. The first kappa shape index (κ1) is 15.4. The number of thiazole rings is 1. The number of aromatic nitrogens is 1. The Morgan fingerprint density at radius 3 is 3.00 bits per heavy atom. The summed E-state index contributed by atoms with van der Waals surface area (Å²) in [5.41, 5.74) is 8.65. The van der Waals surface area contributed by atoms with E-state index in [1.807, 2.05) is 6.92 Å². The van der Waals surface area contributed by atoms with E-state index in [-0.39, 0.29) is 18.0 Å². The zero-order chi connectivity index (χ0) is 15.2. The standard InChI is InChI=1S/C14H16FN3O2S/c1-9-12(21-8-17-9)5-6-20-7-10-3-2-4-11(13(10)15)14(16)18-19/h2-4,8,19H,5-7H2,1H3,(H2,16,18). The quantitative estimate of drug-likeness (QED) is 0.282. The number of oxime groups is 1. The molecule has 1 aromatic heterocycles. The smallest absolute Gasteiger partial charge is 0.173 e. The Labute approximate surface area is 125 Å². The van der Waals surface area contributed by atoms with Crippen molar-refractivity contribution in [3.63, 3.8) is 0 Å². The lowest BCUT2D eigenvalue weighted by Gasteiger charge is -2.08. The zero-order valence-corrected chi connectivity index (χ0v) is 12.4. The molecule has 0 aliphatic rings. The van der Waals surface area contributed by atoms with E-state index in [1.54, 1.807) is 29.0 Å². The first-order valence-corrected chi connectivity index (χ1v) is 7.23. The highest BCUT2D eigenvalue weighted by Gasteiger charge is 2.11. The van der Waals surface area contributed by atoms with Gasteiger partial charge in [-0.05, 0) is 13.0 Å². The molecule has 112 valence electrons. The van der Waals surface area contributed by atoms with Gasteiger partial charge in [0.2, 0.25) is 0 Å². The molecule has 0 saturated carbocycles. The van der Waals surface area contributed by atoms with Crippen molar-refractivity contribution in [3.05, 3.63) is 51.2 Å². The van der Waals surface area contributed by atoms with Crippen molar-refractivity contribution in [2.75, 3.05) is 6.61 Å². The second-order valence-electron chi connectivity index (χ2n) is 4.43. The maximum atomic E-state index is 14.1. The van der Waals surface area contributed by atoms with Gasteiger partial charge >= 0.3 is 0 Å². The molecule has 1 heterocycles. The summed E-state index contributed by atoms with van der Waals surface area (Å²) in [6.07, 6.45) is 0.748. The van der Waals surface area contributed by atoms with Crippen molar-refractivity contribution in [1.29, 1.82) is 0 Å². The van der Waals surface area contributed by atoms with Crippen LogP contribution in [0.3, 0.4) is 0 Å². The van der Waals surface area contributed by atoms with Crippen LogP contribution in [0.15, 0.2) is 28.9 Å². The average molecular weight is 309 g/mol. The van der Waals surface area contributed by atoms with E-state index in [9.17, 15) is 4.39 Å². The monoisotopic (exact) mass is 309 g/mol. The Hall–Kier alpha value is -1.99. The maximum absolute atomic E-state index is 14.1. The van der Waals surface area contributed by atoms with E-state index >= 15 is 0 Å². The van der Waals surface area contributed by atoms with E-state index in [0.717, 1.165) is 12.1 Å². The molecular weight excluding hydrogens is 293 g/mol. The Morgan fingerprint density at radius 1 is 1.52 bits per heavy atom. The molecule has 0 saturated heterocycles. The molecule has 7 heteroatoms. The van der Waals surface area contributed by atoms with E-state index in [1.165, 1.54) is 10.9 Å². The van der Waals surface area contributed by atoms with Gasteiger partial charge in [-0.3, -0.25) is 0 Å². The van der Waals surface area contributed by atoms with E-state index in [0.29, 0.717) is 12.2 Å². The minimum Gasteiger partial charge on any atom is -0.409 e. The molecular formula is C14H16FN3O2S. The van der Waals surface area contributed by atoms with Crippen LogP contribution < -0.4 is 5.73 Å². The Balaban J connectivity index is 1.93. The molecule has 0 fully saturated rings. The molecule has 5 nitrogen and oxygen atoms in total. The van der Waals surface area contributed by atoms with Crippen LogP contribution in [0.5, 0.6) is 0 Å². The van der Waals surface area contributed by atoms with Crippen molar-refractivity contribution in [2.45, 2.75) is 20.0 Å². The van der Waals surface area contributed by atoms with Crippen LogP contribution in [0.2, 0.25) is 0 Å². The molecule has 0 spiro atoms. The van der Waals surface area contributed by atoms with Gasteiger partial charge in [0.25, 0.3) is 0 Å². The summed E-state index contributed by atoms with van der Waals surface area (Å²) in [4.78, 5) is 5.33. The Kier molecular flexibility index (Phi) is 5.24. The number of nitrogens with two attached hydrogens (primary N) is 1. The average Bonchev–Trinajstić information content (AvgIpc) is 2.89. The molecule has 0 aliphatic heterocycles. The molecule has 21 heavy (non-hydrogen) atoms. The number of aryl methyl sites for hydroxylation is 1. The minimum atomic E-state index is -0.526. The first-order chi connectivity index (χ1) is 10.1. The number of hydrogen-bond acceptors (Lipinski definition) is 5. The number of rotatable bonds is 6. The summed E-state index contributed by atoms with van der Waals surface area (Å²) in [6.45, 7) is 2.57. The summed E-state index contributed by atoms with van der Waals surface area (Å²) in [7, 11) is 0. The molecule has 2 rings (SSSR count). The van der Waals surface area contributed by atoms with Crippen LogP contribution in [0, 0.1) is 12.7 Å². The van der Waals surface area contributed by atoms with Crippen molar-refractivity contribution in [3.8, 4) is 0 Å². The van der Waals surface area contributed by atoms with Crippen LogP contribution in [-0.4, -0.2) is 22.6 Å². The minimum absolute atomic E-state index is 0.0666. The van der Waals surface area contributed by atoms with Crippen molar-refractivity contribution >= 4 is 17.2 Å². The second kappa shape index (κ2) is 7.14. The predicted octanol–water partition coefficient (Wildman–Crippen LogP) is 2.44. The summed E-state index contributed by atoms with van der Waals surface area (Å²) in [5, 5.41) is 11.4. The van der Waals surface area contributed by atoms with Crippen LogP contribution in [0.25, 0.3) is 0 Å². The Morgan fingerprint density at radius 2 is 2.33 bits per heavy atom. The molecule has 3 N–H and O–H groups in total. The van der Waals surface area contributed by atoms with Gasteiger partial charge in [-0.15, -0.1) is 11.3 Å². The van der Waals surface area contributed by atoms with Crippen LogP contribution in [0.4, 0.5) is 4.39 Å². The first-order valence-electron chi connectivity index (χ1n) is 6.35. The third-order valence-electron chi connectivity index (χ3n) is 3.04. The zero-order valence-electron chi connectivity index (χ0n) is 11.5. The molecule has 2 aromatic rings. The van der Waals surface area contributed by atoms with Gasteiger partial charge in [0.15, 0.2) is 5.84 Å². The predicted molar refractivity (Wildman–Crippen MR) is 79.1 cm³/mol. The van der Waals surface area contributed by atoms with Gasteiger partial charge in [0, 0.05) is 16.9 Å². The fraction of sp³-hybridized carbons (Fsp3) is 0.286. The number of ether oxygens (including phenoxy) is 1. The van der Waals surface area contributed by atoms with Gasteiger partial charge in [-0.25, -0.2) is 9.37 Å². The van der Waals surface area contributed by atoms with Gasteiger partial charge in [0.05, 0.1) is 30.0 Å². The lowest BCUT2D eigenvalue weighted by atomic mass is 10.1. The normalized spacial score (nSPS) is 11.8. The summed E-state index contributed by atoms with van der Waals surface area (Å²) < 4.78 is 19.6. The molecule has 0 unspecified atom stereocenters. The number of amidine groups is 1. The number of halogens is 1. The van der Waals surface area contributed by atoms with Gasteiger partial charge in [-0.1, -0.05) is 17.3 Å². The van der Waals surface area contributed by atoms with E-state index in [4.69, 9.17) is 15.7 Å². The van der Waals surface area contributed by atoms with Gasteiger partial charge in [-0.2, -0.15) is 0 Å². The highest BCUT2D eigenvalue weighted by molar-refractivity contribution is 7.09. The van der Waals surface area contributed by atoms with Gasteiger partial charge in [0.1, 0.15) is 5.82 Å². The SMILES string of the molecule is Cc1ncsc1CCOCc1cccc(/C(N)=N/O)c1F. The highest BCUT2D eigenvalue weighted by atomic mass is 32.1. The van der Waals surface area contributed by atoms with Crippen molar-refractivity contribution < 1.29 is 14.3 Å². The van der Waals surface area contributed by atoms with Crippen LogP contribution in [0.1, 0.15) is 21.7 Å². The van der Waals surface area contributed by atoms with Crippen LogP contribution in [-0.2, 0) is 17.8 Å². The van der Waals surface area contributed by atoms with Crippen molar-refractivity contribution in [2.24, 2.45) is 10.9 Å². The fourth-order valence-electron chi connectivity index (χ4n) is 1.86. The largest absolute Gasteiger partial charge is 0.409 e. The number of nitrogens with zero attached hydrogens (tertiary/aromatic N) is 2. The molecule has 0 aliphatic carbocycles. The molecule has 0 radical (unpaired) electrons. The summed E-state index contributed by atoms with van der Waals surface area (Å²) >= 11 is 1.58. The molecule has 0 amide bonds. The third-order valence-corrected chi connectivity index (χ3v) is 4.03. The Bertz CT molecular complexity index is 643. The highest BCUT2D eigenvalue weighted by Crippen LogP contribution is 2.15. The molecule has 0 bridgehead atoms. The summed E-state index contributed by atoms with van der Waals surface area (Å²) in [6, 6.07) is 4.71. The second-order valence-corrected chi connectivity index (χ2v) is 5.37. The van der Waals surface area contributed by atoms with Gasteiger partial charge < -0.3 is 15.7 Å². The lowest BCUT2D eigenvalue weighted by Crippen LogP contribution is -2.16. The topological polar surface area (TPSA) is 80.7 Å². The third kappa shape index (κ3) is 3.77.